The molecule has 0 spiro atoms. The van der Waals surface area contributed by atoms with Crippen LogP contribution in [0.25, 0.3) is 0 Å². The molecule has 1 aromatic carbocycles. The molecule has 17 heavy (non-hydrogen) atoms. The Hall–Kier alpha value is -1.52. The van der Waals surface area contributed by atoms with Crippen LogP contribution < -0.4 is 0 Å². The van der Waals surface area contributed by atoms with E-state index in [9.17, 15) is 0 Å². The smallest absolute Gasteiger partial charge is 0.101 e. The Kier molecular flexibility index (Phi) is 4.01. The number of rotatable bonds is 3. The van der Waals surface area contributed by atoms with Gasteiger partial charge in [-0.2, -0.15) is 0 Å². The van der Waals surface area contributed by atoms with Gasteiger partial charge in [0.15, 0.2) is 0 Å². The van der Waals surface area contributed by atoms with Gasteiger partial charge in [-0.1, -0.05) is 28.5 Å². The summed E-state index contributed by atoms with van der Waals surface area (Å²) in [5.74, 6) is 0. The number of pyridine rings is 1. The standard InChI is InChI=1S/C12H9ClN2OS/c13-10-2-4-11(5-3-10)17-12-6-1-9(7-14-12)8-15-16/h1-8,16H. The Bertz CT molecular complexity index is 511. The zero-order valence-corrected chi connectivity index (χ0v) is 10.3. The van der Waals surface area contributed by atoms with Crippen molar-refractivity contribution in [3.63, 3.8) is 0 Å². The van der Waals surface area contributed by atoms with Crippen molar-refractivity contribution in [2.75, 3.05) is 0 Å². The molecule has 0 aliphatic heterocycles. The topological polar surface area (TPSA) is 45.5 Å². The molecule has 0 bridgehead atoms. The van der Waals surface area contributed by atoms with Gasteiger partial charge >= 0.3 is 0 Å². The average molecular weight is 265 g/mol. The minimum absolute atomic E-state index is 0.719. The fourth-order valence-electron chi connectivity index (χ4n) is 1.22. The lowest BCUT2D eigenvalue weighted by Gasteiger charge is -2.01. The first-order valence-corrected chi connectivity index (χ1v) is 6.04. The fraction of sp³-hybridized carbons (Fsp3) is 0. The third-order valence-corrected chi connectivity index (χ3v) is 3.21. The van der Waals surface area contributed by atoms with Crippen LogP contribution >= 0.6 is 23.4 Å². The van der Waals surface area contributed by atoms with Gasteiger partial charge in [-0.3, -0.25) is 0 Å². The van der Waals surface area contributed by atoms with E-state index in [4.69, 9.17) is 16.8 Å². The lowest BCUT2D eigenvalue weighted by Crippen LogP contribution is -1.85. The molecule has 1 N–H and O–H groups in total. The molecule has 0 saturated heterocycles. The van der Waals surface area contributed by atoms with Crippen molar-refractivity contribution in [3.05, 3.63) is 53.2 Å². The molecule has 0 unspecified atom stereocenters. The summed E-state index contributed by atoms with van der Waals surface area (Å²) in [4.78, 5) is 5.32. The Balaban J connectivity index is 2.11. The van der Waals surface area contributed by atoms with Crippen LogP contribution in [0.1, 0.15) is 5.56 Å². The summed E-state index contributed by atoms with van der Waals surface area (Å²) in [6.07, 6.45) is 2.99. The van der Waals surface area contributed by atoms with E-state index >= 15 is 0 Å². The Labute approximate surface area is 108 Å². The predicted molar refractivity (Wildman–Crippen MR) is 69.2 cm³/mol. The van der Waals surface area contributed by atoms with Crippen LogP contribution in [0.2, 0.25) is 5.02 Å². The summed E-state index contributed by atoms with van der Waals surface area (Å²) in [6, 6.07) is 11.3. The lowest BCUT2D eigenvalue weighted by molar-refractivity contribution is 0.322. The monoisotopic (exact) mass is 264 g/mol. The fourth-order valence-corrected chi connectivity index (χ4v) is 2.10. The van der Waals surface area contributed by atoms with Gasteiger partial charge in [0.25, 0.3) is 0 Å². The van der Waals surface area contributed by atoms with Crippen LogP contribution in [0.4, 0.5) is 0 Å². The van der Waals surface area contributed by atoms with Crippen molar-refractivity contribution in [3.8, 4) is 0 Å². The highest BCUT2D eigenvalue weighted by atomic mass is 35.5. The SMILES string of the molecule is ON=Cc1ccc(Sc2ccc(Cl)cc2)nc1. The minimum atomic E-state index is 0.719. The van der Waals surface area contributed by atoms with Crippen LogP contribution in [-0.2, 0) is 0 Å². The summed E-state index contributed by atoms with van der Waals surface area (Å²) in [5.41, 5.74) is 0.757. The van der Waals surface area contributed by atoms with Crippen molar-refractivity contribution >= 4 is 29.6 Å². The molecular formula is C12H9ClN2OS. The first-order valence-electron chi connectivity index (χ1n) is 4.85. The molecule has 2 rings (SSSR count). The molecule has 86 valence electrons. The number of halogens is 1. The number of oxime groups is 1. The molecule has 0 fully saturated rings. The van der Waals surface area contributed by atoms with E-state index in [1.165, 1.54) is 6.21 Å². The van der Waals surface area contributed by atoms with Crippen molar-refractivity contribution in [2.45, 2.75) is 9.92 Å². The van der Waals surface area contributed by atoms with E-state index in [1.54, 1.807) is 18.0 Å². The van der Waals surface area contributed by atoms with E-state index in [1.807, 2.05) is 36.4 Å². The summed E-state index contributed by atoms with van der Waals surface area (Å²) in [6.45, 7) is 0. The molecule has 5 heteroatoms. The van der Waals surface area contributed by atoms with Gasteiger partial charge < -0.3 is 5.21 Å². The zero-order chi connectivity index (χ0) is 12.1. The molecule has 0 amide bonds. The second-order valence-electron chi connectivity index (χ2n) is 3.23. The van der Waals surface area contributed by atoms with Crippen LogP contribution in [0.15, 0.2) is 57.7 Å². The van der Waals surface area contributed by atoms with Crippen LogP contribution in [0.5, 0.6) is 0 Å². The third kappa shape index (κ3) is 3.47. The van der Waals surface area contributed by atoms with Crippen LogP contribution in [-0.4, -0.2) is 16.4 Å². The van der Waals surface area contributed by atoms with E-state index in [-0.39, 0.29) is 0 Å². The maximum atomic E-state index is 8.37. The van der Waals surface area contributed by atoms with Crippen molar-refractivity contribution in [1.29, 1.82) is 0 Å². The first kappa shape index (κ1) is 12.0. The largest absolute Gasteiger partial charge is 0.411 e. The summed E-state index contributed by atoms with van der Waals surface area (Å²) < 4.78 is 0. The Morgan fingerprint density at radius 2 is 1.94 bits per heavy atom. The number of hydrogen-bond acceptors (Lipinski definition) is 4. The van der Waals surface area contributed by atoms with E-state index in [2.05, 4.69) is 10.1 Å². The van der Waals surface area contributed by atoms with Crippen molar-refractivity contribution < 1.29 is 5.21 Å². The highest BCUT2D eigenvalue weighted by Gasteiger charge is 1.99. The second kappa shape index (κ2) is 5.70. The number of hydrogen-bond donors (Lipinski definition) is 1. The molecule has 0 aliphatic rings. The molecule has 3 nitrogen and oxygen atoms in total. The van der Waals surface area contributed by atoms with Gasteiger partial charge in [0, 0.05) is 21.7 Å². The number of aromatic nitrogens is 1. The van der Waals surface area contributed by atoms with E-state index < -0.39 is 0 Å². The molecule has 2 aromatic rings. The first-order chi connectivity index (χ1) is 8.28. The van der Waals surface area contributed by atoms with Gasteiger partial charge in [0.05, 0.1) is 6.21 Å². The molecule has 0 saturated carbocycles. The number of nitrogens with zero attached hydrogens (tertiary/aromatic N) is 2. The summed E-state index contributed by atoms with van der Waals surface area (Å²) >= 11 is 7.35. The van der Waals surface area contributed by atoms with E-state index in [0.29, 0.717) is 0 Å². The highest BCUT2D eigenvalue weighted by Crippen LogP contribution is 2.26. The zero-order valence-electron chi connectivity index (χ0n) is 8.75. The van der Waals surface area contributed by atoms with Crippen molar-refractivity contribution in [2.24, 2.45) is 5.16 Å². The quantitative estimate of drug-likeness (QED) is 0.522. The van der Waals surface area contributed by atoms with Gasteiger partial charge in [-0.05, 0) is 36.4 Å². The van der Waals surface area contributed by atoms with Gasteiger partial charge in [-0.25, -0.2) is 4.98 Å². The van der Waals surface area contributed by atoms with Gasteiger partial charge in [-0.15, -0.1) is 0 Å². The Morgan fingerprint density at radius 3 is 2.53 bits per heavy atom. The summed E-state index contributed by atoms with van der Waals surface area (Å²) in [5, 5.41) is 12.9. The van der Waals surface area contributed by atoms with Gasteiger partial charge in [0.1, 0.15) is 5.03 Å². The van der Waals surface area contributed by atoms with Crippen LogP contribution in [0, 0.1) is 0 Å². The molecule has 0 radical (unpaired) electrons. The number of benzene rings is 1. The van der Waals surface area contributed by atoms with Crippen LogP contribution in [0.3, 0.4) is 0 Å². The average Bonchev–Trinajstić information content (AvgIpc) is 2.35. The highest BCUT2D eigenvalue weighted by molar-refractivity contribution is 7.99. The third-order valence-electron chi connectivity index (χ3n) is 2.00. The molecule has 0 aliphatic carbocycles. The summed E-state index contributed by atoms with van der Waals surface area (Å²) in [7, 11) is 0. The maximum Gasteiger partial charge on any atom is 0.101 e. The molecular weight excluding hydrogens is 256 g/mol. The molecule has 1 heterocycles. The van der Waals surface area contributed by atoms with Crippen molar-refractivity contribution in [1.82, 2.24) is 4.98 Å². The van der Waals surface area contributed by atoms with Gasteiger partial charge in [0.2, 0.25) is 0 Å². The predicted octanol–water partition coefficient (Wildman–Crippen LogP) is 3.69. The normalized spacial score (nSPS) is 10.9. The Morgan fingerprint density at radius 1 is 1.18 bits per heavy atom. The second-order valence-corrected chi connectivity index (χ2v) is 4.76. The van der Waals surface area contributed by atoms with E-state index in [0.717, 1.165) is 20.5 Å². The minimum Gasteiger partial charge on any atom is -0.411 e. The lowest BCUT2D eigenvalue weighted by atomic mass is 10.3. The molecule has 0 atom stereocenters. The molecule has 1 aromatic heterocycles. The maximum absolute atomic E-state index is 8.37.